The molecule has 7 rings (SSSR count). The largest absolute Gasteiger partial charge is 0.514 e. The summed E-state index contributed by atoms with van der Waals surface area (Å²) in [6.45, 7) is 7.43. The number of quaternary nitrogens is 1. The third kappa shape index (κ3) is 5.46. The first-order chi connectivity index (χ1) is 23.7. The molecule has 6 aromatic carbocycles. The van der Waals surface area contributed by atoms with E-state index >= 15 is 0 Å². The molecule has 1 aliphatic heterocycles. The van der Waals surface area contributed by atoms with Gasteiger partial charge in [0.05, 0.1) is 28.6 Å². The Morgan fingerprint density at radius 2 is 1.10 bits per heavy atom. The van der Waals surface area contributed by atoms with Crippen LogP contribution in [0.3, 0.4) is 0 Å². The molecule has 1 fully saturated rings. The molecule has 6 aromatic rings. The van der Waals surface area contributed by atoms with Crippen molar-refractivity contribution in [1.82, 2.24) is 0 Å². The number of amides is 1. The zero-order valence-corrected chi connectivity index (χ0v) is 29.7. The Balaban J connectivity index is 1.40. The summed E-state index contributed by atoms with van der Waals surface area (Å²) in [5.74, 6) is 0. The fraction of sp³-hybridized carbons (Fsp3) is 0.205. The van der Waals surface area contributed by atoms with Crippen LogP contribution in [0.1, 0.15) is 20.8 Å². The van der Waals surface area contributed by atoms with Crippen molar-refractivity contribution in [2.75, 3.05) is 34.8 Å². The Morgan fingerprint density at radius 1 is 0.640 bits per heavy atom. The highest BCUT2D eigenvalue weighted by Gasteiger charge is 2.50. The lowest BCUT2D eigenvalue weighted by atomic mass is 9.99. The normalized spacial score (nSPS) is 15.4. The van der Waals surface area contributed by atoms with Gasteiger partial charge in [-0.1, -0.05) is 84.9 Å². The summed E-state index contributed by atoms with van der Waals surface area (Å²) in [6.07, 6.45) is -0.870. The van der Waals surface area contributed by atoms with Gasteiger partial charge in [0.1, 0.15) is 18.6 Å². The summed E-state index contributed by atoms with van der Waals surface area (Å²) >= 11 is 0. The van der Waals surface area contributed by atoms with E-state index in [0.29, 0.717) is 51.4 Å². The number of hydrogen-bond donors (Lipinski definition) is 1. The van der Waals surface area contributed by atoms with Gasteiger partial charge in [-0.2, -0.15) is 8.51 Å². The number of sulfonamides is 2. The summed E-state index contributed by atoms with van der Waals surface area (Å²) in [5, 5.41) is 14.3. The Labute approximate surface area is 292 Å². The number of hydrogen-bond acceptors (Lipinski definition) is 6. The molecule has 50 heavy (non-hydrogen) atoms. The Kier molecular flexibility index (Phi) is 8.12. The zero-order chi connectivity index (χ0) is 35.5. The molecule has 0 aromatic heterocycles. The first kappa shape index (κ1) is 33.5. The first-order valence-electron chi connectivity index (χ1n) is 16.4. The van der Waals surface area contributed by atoms with Crippen LogP contribution in [0.25, 0.3) is 32.3 Å². The summed E-state index contributed by atoms with van der Waals surface area (Å²) in [4.78, 5) is 14.3. The number of carbonyl (C=O) groups is 1. The number of nitrogens with zero attached hydrogens (tertiary/aromatic N) is 3. The highest BCUT2D eigenvalue weighted by atomic mass is 32.3. The van der Waals surface area contributed by atoms with Gasteiger partial charge in [0.2, 0.25) is 0 Å². The van der Waals surface area contributed by atoms with Crippen LogP contribution >= 0.6 is 0 Å². The fourth-order valence-corrected chi connectivity index (χ4v) is 10.9. The van der Waals surface area contributed by atoms with Crippen LogP contribution < -0.4 is 8.61 Å². The third-order valence-corrected chi connectivity index (χ3v) is 14.2. The van der Waals surface area contributed by atoms with Gasteiger partial charge in [-0.05, 0) is 78.7 Å². The van der Waals surface area contributed by atoms with Crippen LogP contribution in [-0.4, -0.2) is 64.2 Å². The van der Waals surface area contributed by atoms with E-state index in [9.17, 15) is 26.7 Å². The lowest BCUT2D eigenvalue weighted by Crippen LogP contribution is -2.69. The number of rotatable bonds is 6. The van der Waals surface area contributed by atoms with Crippen LogP contribution in [0.15, 0.2) is 131 Å². The van der Waals surface area contributed by atoms with Crippen molar-refractivity contribution in [3.63, 3.8) is 0 Å². The number of carboxylic acid groups (broad SMARTS) is 1. The smallest absolute Gasteiger partial charge is 0.435 e. The van der Waals surface area contributed by atoms with Gasteiger partial charge in [-0.15, -0.1) is 0 Å². The molecule has 11 heteroatoms. The maximum absolute atomic E-state index is 14.8. The van der Waals surface area contributed by atoms with Gasteiger partial charge in [-0.3, -0.25) is 0 Å². The van der Waals surface area contributed by atoms with Crippen molar-refractivity contribution < 1.29 is 31.2 Å². The number of anilines is 2. The summed E-state index contributed by atoms with van der Waals surface area (Å²) in [6, 6.07) is 34.3. The van der Waals surface area contributed by atoms with Gasteiger partial charge >= 0.3 is 6.09 Å². The summed E-state index contributed by atoms with van der Waals surface area (Å²) < 4.78 is 59.7. The van der Waals surface area contributed by atoms with Crippen LogP contribution in [0.2, 0.25) is 0 Å². The molecule has 256 valence electrons. The molecule has 0 bridgehead atoms. The number of benzene rings is 6. The molecule has 0 saturated carbocycles. The molecule has 0 radical (unpaired) electrons. The molecule has 0 aliphatic carbocycles. The fourth-order valence-electron chi connectivity index (χ4n) is 7.13. The van der Waals surface area contributed by atoms with E-state index in [1.54, 1.807) is 60.7 Å². The molecule has 1 aliphatic rings. The van der Waals surface area contributed by atoms with Gasteiger partial charge < -0.3 is 10.0 Å². The minimum atomic E-state index is -4.71. The third-order valence-electron chi connectivity index (χ3n) is 10.0. The SMILES string of the molecule is CC(C)(C)[N+]1(C(=O)O)CCN(c2ccc(N(S(=O)(=O)c3ccc4ccccc4c3)S(=O)(=O)c3ccc4ccccc4c3)c3ccccc23)CC1. The molecule has 9 nitrogen and oxygen atoms in total. The molecule has 1 N–H and O–H groups in total. The average molecular weight is 709 g/mol. The van der Waals surface area contributed by atoms with Gasteiger partial charge in [0.25, 0.3) is 20.0 Å². The lowest BCUT2D eigenvalue weighted by Gasteiger charge is -2.48. The molecule has 1 amide bonds. The van der Waals surface area contributed by atoms with E-state index in [-0.39, 0.29) is 20.0 Å². The Hall–Kier alpha value is -4.97. The van der Waals surface area contributed by atoms with Crippen LogP contribution in [0.5, 0.6) is 0 Å². The van der Waals surface area contributed by atoms with Crippen LogP contribution in [0, 0.1) is 0 Å². The maximum atomic E-state index is 14.8. The first-order valence-corrected chi connectivity index (χ1v) is 19.3. The zero-order valence-electron chi connectivity index (χ0n) is 28.0. The van der Waals surface area contributed by atoms with Crippen molar-refractivity contribution in [2.45, 2.75) is 36.1 Å². The maximum Gasteiger partial charge on any atom is 0.514 e. The quantitative estimate of drug-likeness (QED) is 0.176. The van der Waals surface area contributed by atoms with E-state index in [0.717, 1.165) is 16.5 Å². The molecule has 0 spiro atoms. The second-order valence-corrected chi connectivity index (χ2v) is 17.5. The van der Waals surface area contributed by atoms with E-state index in [4.69, 9.17) is 0 Å². The molecule has 0 unspecified atom stereocenters. The van der Waals surface area contributed by atoms with E-state index in [2.05, 4.69) is 4.90 Å². The summed E-state index contributed by atoms with van der Waals surface area (Å²) in [5.41, 5.74) is 0.249. The number of piperazine rings is 1. The van der Waals surface area contributed by atoms with Crippen LogP contribution in [0.4, 0.5) is 16.2 Å². The number of fused-ring (bicyclic) bond motifs is 3. The van der Waals surface area contributed by atoms with Gasteiger partial charge in [-0.25, -0.2) is 21.3 Å². The van der Waals surface area contributed by atoms with Crippen molar-refractivity contribution in [2.24, 2.45) is 0 Å². The second kappa shape index (κ2) is 12.1. The average Bonchev–Trinajstić information content (AvgIpc) is 3.10. The van der Waals surface area contributed by atoms with E-state index in [1.807, 2.05) is 57.2 Å². The van der Waals surface area contributed by atoms with E-state index in [1.165, 1.54) is 24.3 Å². The topological polar surface area (TPSA) is 112 Å². The molecule has 1 heterocycles. The van der Waals surface area contributed by atoms with Crippen molar-refractivity contribution in [1.29, 1.82) is 0 Å². The van der Waals surface area contributed by atoms with Crippen LogP contribution in [-0.2, 0) is 20.0 Å². The van der Waals surface area contributed by atoms with Crippen molar-refractivity contribution >= 4 is 69.8 Å². The second-order valence-electron chi connectivity index (χ2n) is 13.7. The predicted molar refractivity (Wildman–Crippen MR) is 199 cm³/mol. The minimum absolute atomic E-state index is 0.00645. The van der Waals surface area contributed by atoms with Gasteiger partial charge in [0.15, 0.2) is 0 Å². The molecular formula is C39H38N3O6S2+. The van der Waals surface area contributed by atoms with Gasteiger partial charge in [0, 0.05) is 16.5 Å². The Bertz CT molecular complexity index is 2410. The Morgan fingerprint density at radius 3 is 1.58 bits per heavy atom. The molecule has 0 atom stereocenters. The van der Waals surface area contributed by atoms with Crippen molar-refractivity contribution in [3.05, 3.63) is 121 Å². The monoisotopic (exact) mass is 708 g/mol. The lowest BCUT2D eigenvalue weighted by molar-refractivity contribution is -0.903. The van der Waals surface area contributed by atoms with E-state index < -0.39 is 31.7 Å². The summed E-state index contributed by atoms with van der Waals surface area (Å²) in [7, 11) is -9.42. The predicted octanol–water partition coefficient (Wildman–Crippen LogP) is 7.84. The highest BCUT2D eigenvalue weighted by molar-refractivity contribution is 8.10. The molecular weight excluding hydrogens is 671 g/mol. The van der Waals surface area contributed by atoms with Crippen molar-refractivity contribution in [3.8, 4) is 0 Å². The highest BCUT2D eigenvalue weighted by Crippen LogP contribution is 2.41. The minimum Gasteiger partial charge on any atom is -0.435 e. The standard InChI is InChI=1S/C39H37N3O6S2/c1-39(2,3)42(38(43)44)24-22-40(23-25-42)36-20-21-37(35-15-9-8-14-34(35)36)41(49(45,46)32-18-16-28-10-4-6-12-30(28)26-32)50(47,48)33-19-17-29-11-5-7-13-31(29)27-33/h4-21,26-27H,22-25H2,1-3H3/p+1. The molecule has 1 saturated heterocycles.